The molecule has 0 saturated carbocycles. The average molecular weight is 331 g/mol. The van der Waals surface area contributed by atoms with E-state index >= 15 is 0 Å². The molecular weight excluding hydrogens is 323 g/mol. The number of rotatable bonds is 1. The molecule has 0 radical (unpaired) electrons. The minimum atomic E-state index is -0.441. The summed E-state index contributed by atoms with van der Waals surface area (Å²) in [5, 5.41) is 9.24. The highest BCUT2D eigenvalue weighted by Gasteiger charge is 2.15. The number of imidazole rings is 1. The molecule has 0 bridgehead atoms. The fourth-order valence-corrected chi connectivity index (χ4v) is 2.49. The third kappa shape index (κ3) is 1.84. The second-order valence-corrected chi connectivity index (χ2v) is 5.10. The summed E-state index contributed by atoms with van der Waals surface area (Å²) in [4.78, 5) is 4.03. The maximum absolute atomic E-state index is 13.7. The van der Waals surface area contributed by atoms with Crippen molar-refractivity contribution in [2.24, 2.45) is 0 Å². The largest absolute Gasteiger partial charge is 0.369 e. The van der Waals surface area contributed by atoms with Crippen molar-refractivity contribution < 1.29 is 4.39 Å². The van der Waals surface area contributed by atoms with Gasteiger partial charge in [-0.2, -0.15) is 5.26 Å². The Bertz CT molecular complexity index is 863. The summed E-state index contributed by atoms with van der Waals surface area (Å²) >= 11 is 3.31. The molecule has 0 aliphatic heterocycles. The Morgan fingerprint density at radius 1 is 1.30 bits per heavy atom. The number of hydrogen-bond acceptors (Lipinski definition) is 3. The van der Waals surface area contributed by atoms with Crippen LogP contribution >= 0.6 is 15.9 Å². The van der Waals surface area contributed by atoms with Gasteiger partial charge in [0.15, 0.2) is 5.82 Å². The highest BCUT2D eigenvalue weighted by Crippen LogP contribution is 2.28. The van der Waals surface area contributed by atoms with Crippen molar-refractivity contribution >= 4 is 32.9 Å². The number of fused-ring (bicyclic) bond motifs is 1. The number of para-hydroxylation sites is 1. The quantitative estimate of drug-likeness (QED) is 0.743. The molecule has 0 amide bonds. The Labute approximate surface area is 122 Å². The molecule has 20 heavy (non-hydrogen) atoms. The third-order valence-electron chi connectivity index (χ3n) is 2.98. The Balaban J connectivity index is 2.39. The molecule has 6 heteroatoms. The Morgan fingerprint density at radius 3 is 2.85 bits per heavy atom. The molecule has 0 aliphatic carbocycles. The number of anilines is 1. The fourth-order valence-electron chi connectivity index (χ4n) is 2.13. The number of hydrogen-bond donors (Lipinski definition) is 1. The van der Waals surface area contributed by atoms with Gasteiger partial charge in [-0.3, -0.25) is 4.57 Å². The summed E-state index contributed by atoms with van der Waals surface area (Å²) in [5.74, 6) is -0.299. The second-order valence-electron chi connectivity index (χ2n) is 4.19. The van der Waals surface area contributed by atoms with Crippen molar-refractivity contribution in [1.29, 1.82) is 5.26 Å². The third-order valence-corrected chi connectivity index (χ3v) is 3.48. The molecule has 0 unspecified atom stereocenters. The maximum atomic E-state index is 13.7. The minimum Gasteiger partial charge on any atom is -0.369 e. The van der Waals surface area contributed by atoms with Gasteiger partial charge in [0.2, 0.25) is 5.95 Å². The van der Waals surface area contributed by atoms with Crippen LogP contribution < -0.4 is 5.73 Å². The van der Waals surface area contributed by atoms with Crippen molar-refractivity contribution in [2.75, 3.05) is 5.73 Å². The normalized spacial score (nSPS) is 10.7. The first-order valence-electron chi connectivity index (χ1n) is 5.74. The number of nitrogens with two attached hydrogens (primary N) is 1. The van der Waals surface area contributed by atoms with E-state index in [4.69, 9.17) is 5.73 Å². The van der Waals surface area contributed by atoms with E-state index in [1.165, 1.54) is 6.07 Å². The highest BCUT2D eigenvalue weighted by molar-refractivity contribution is 9.10. The predicted octanol–water partition coefficient (Wildman–Crippen LogP) is 3.38. The Hall–Kier alpha value is -2.39. The zero-order valence-electron chi connectivity index (χ0n) is 10.1. The van der Waals surface area contributed by atoms with E-state index in [1.54, 1.807) is 34.9 Å². The van der Waals surface area contributed by atoms with E-state index in [9.17, 15) is 9.65 Å². The van der Waals surface area contributed by atoms with Gasteiger partial charge in [-0.15, -0.1) is 0 Å². The number of nitrogen functional groups attached to an aromatic ring is 1. The highest BCUT2D eigenvalue weighted by atomic mass is 79.9. The zero-order valence-corrected chi connectivity index (χ0v) is 11.7. The van der Waals surface area contributed by atoms with E-state index in [0.717, 1.165) is 4.47 Å². The van der Waals surface area contributed by atoms with E-state index in [-0.39, 0.29) is 11.5 Å². The number of nitriles is 1. The first-order valence-corrected chi connectivity index (χ1v) is 6.53. The first kappa shape index (κ1) is 12.6. The summed E-state index contributed by atoms with van der Waals surface area (Å²) in [6.07, 6.45) is 0. The lowest BCUT2D eigenvalue weighted by Crippen LogP contribution is -2.02. The Morgan fingerprint density at radius 2 is 2.10 bits per heavy atom. The van der Waals surface area contributed by atoms with E-state index < -0.39 is 5.82 Å². The van der Waals surface area contributed by atoms with Gasteiger partial charge in [0.25, 0.3) is 0 Å². The average Bonchev–Trinajstić information content (AvgIpc) is 2.77. The van der Waals surface area contributed by atoms with Gasteiger partial charge in [-0.25, -0.2) is 9.37 Å². The van der Waals surface area contributed by atoms with Gasteiger partial charge in [-0.05, 0) is 30.3 Å². The van der Waals surface area contributed by atoms with Crippen LogP contribution in [-0.4, -0.2) is 9.55 Å². The molecule has 2 aromatic carbocycles. The molecule has 98 valence electrons. The standard InChI is InChI=1S/C14H8BrFN4/c15-9-4-5-11(8(6-9)7-17)20-12-3-1-2-10(16)13(12)19-14(20)18/h1-6H,(H2,18,19). The van der Waals surface area contributed by atoms with E-state index in [2.05, 4.69) is 27.0 Å². The van der Waals surface area contributed by atoms with Gasteiger partial charge >= 0.3 is 0 Å². The van der Waals surface area contributed by atoms with Crippen molar-refractivity contribution in [2.45, 2.75) is 0 Å². The summed E-state index contributed by atoms with van der Waals surface area (Å²) in [6.45, 7) is 0. The van der Waals surface area contributed by atoms with E-state index in [1.807, 2.05) is 0 Å². The van der Waals surface area contributed by atoms with Crippen LogP contribution in [-0.2, 0) is 0 Å². The lowest BCUT2D eigenvalue weighted by Gasteiger charge is -2.08. The topological polar surface area (TPSA) is 67.6 Å². The van der Waals surface area contributed by atoms with Gasteiger partial charge in [0.1, 0.15) is 11.6 Å². The van der Waals surface area contributed by atoms with Crippen LogP contribution in [0.25, 0.3) is 16.7 Å². The molecule has 2 N–H and O–H groups in total. The molecule has 0 spiro atoms. The van der Waals surface area contributed by atoms with Crippen LogP contribution in [0.15, 0.2) is 40.9 Å². The van der Waals surface area contributed by atoms with Gasteiger partial charge in [-0.1, -0.05) is 22.0 Å². The summed E-state index contributed by atoms with van der Waals surface area (Å²) in [6, 6.07) is 11.9. The van der Waals surface area contributed by atoms with Crippen molar-refractivity contribution in [3.8, 4) is 11.8 Å². The molecule has 1 aromatic heterocycles. The lowest BCUT2D eigenvalue weighted by molar-refractivity contribution is 0.637. The van der Waals surface area contributed by atoms with Crippen LogP contribution in [0.4, 0.5) is 10.3 Å². The van der Waals surface area contributed by atoms with Crippen LogP contribution in [0.5, 0.6) is 0 Å². The number of benzene rings is 2. The Kier molecular flexibility index (Phi) is 2.92. The summed E-state index contributed by atoms with van der Waals surface area (Å²) in [5.41, 5.74) is 7.60. The first-order chi connectivity index (χ1) is 9.61. The van der Waals surface area contributed by atoms with E-state index in [0.29, 0.717) is 16.8 Å². The number of aromatic nitrogens is 2. The predicted molar refractivity (Wildman–Crippen MR) is 77.9 cm³/mol. The molecule has 3 aromatic rings. The van der Waals surface area contributed by atoms with Gasteiger partial charge < -0.3 is 5.73 Å². The van der Waals surface area contributed by atoms with Crippen LogP contribution in [0.1, 0.15) is 5.56 Å². The van der Waals surface area contributed by atoms with Crippen molar-refractivity contribution in [3.05, 3.63) is 52.3 Å². The van der Waals surface area contributed by atoms with Gasteiger partial charge in [0.05, 0.1) is 16.8 Å². The molecule has 4 nitrogen and oxygen atoms in total. The molecule has 0 aliphatic rings. The van der Waals surface area contributed by atoms with Crippen LogP contribution in [0, 0.1) is 17.1 Å². The molecular formula is C14H8BrFN4. The maximum Gasteiger partial charge on any atom is 0.206 e. The zero-order chi connectivity index (χ0) is 14.3. The number of nitrogens with zero attached hydrogens (tertiary/aromatic N) is 3. The molecule has 0 fully saturated rings. The molecule has 0 saturated heterocycles. The van der Waals surface area contributed by atoms with Gasteiger partial charge in [0, 0.05) is 4.47 Å². The monoisotopic (exact) mass is 330 g/mol. The molecule has 1 heterocycles. The minimum absolute atomic E-state index is 0.143. The van der Waals surface area contributed by atoms with Crippen LogP contribution in [0.2, 0.25) is 0 Å². The van der Waals surface area contributed by atoms with Crippen molar-refractivity contribution in [1.82, 2.24) is 9.55 Å². The smallest absolute Gasteiger partial charge is 0.206 e. The molecule has 3 rings (SSSR count). The lowest BCUT2D eigenvalue weighted by atomic mass is 10.2. The summed E-state index contributed by atoms with van der Waals surface area (Å²) in [7, 11) is 0. The second kappa shape index (κ2) is 4.62. The SMILES string of the molecule is N#Cc1cc(Br)ccc1-n1c(N)nc2c(F)cccc21. The fraction of sp³-hybridized carbons (Fsp3) is 0. The van der Waals surface area contributed by atoms with Crippen molar-refractivity contribution in [3.63, 3.8) is 0 Å². The number of halogens is 2. The summed E-state index contributed by atoms with van der Waals surface area (Å²) < 4.78 is 16.1. The van der Waals surface area contributed by atoms with Crippen LogP contribution in [0.3, 0.4) is 0 Å². The molecule has 0 atom stereocenters.